The average Bonchev–Trinajstić information content (AvgIpc) is 2.23. The number of alkyl halides is 3. The van der Waals surface area contributed by atoms with E-state index in [-0.39, 0.29) is 19.4 Å². The highest BCUT2D eigenvalue weighted by Gasteiger charge is 2.40. The van der Waals surface area contributed by atoms with Gasteiger partial charge in [-0.25, -0.2) is 0 Å². The molecule has 124 valence electrons. The van der Waals surface area contributed by atoms with Crippen molar-refractivity contribution in [2.45, 2.75) is 57.9 Å². The molecule has 0 aliphatic heterocycles. The third-order valence-corrected chi connectivity index (χ3v) is 2.51. The van der Waals surface area contributed by atoms with E-state index in [9.17, 15) is 22.8 Å². The summed E-state index contributed by atoms with van der Waals surface area (Å²) in [6.07, 6.45) is -4.27. The predicted molar refractivity (Wildman–Crippen MR) is 71.4 cm³/mol. The summed E-state index contributed by atoms with van der Waals surface area (Å²) in [5, 5.41) is 0. The van der Waals surface area contributed by atoms with E-state index >= 15 is 0 Å². The molecule has 0 rings (SSSR count). The maximum atomic E-state index is 12.1. The lowest BCUT2D eigenvalue weighted by atomic mass is 10.1. The third kappa shape index (κ3) is 9.28. The monoisotopic (exact) mass is 312 g/mol. The summed E-state index contributed by atoms with van der Waals surface area (Å²) >= 11 is 0. The van der Waals surface area contributed by atoms with Crippen LogP contribution >= 0.6 is 0 Å². The molecule has 0 aromatic carbocycles. The molecule has 21 heavy (non-hydrogen) atoms. The maximum Gasteiger partial charge on any atom is 0.471 e. The molecular weight excluding hydrogens is 289 g/mol. The zero-order valence-corrected chi connectivity index (χ0v) is 12.8. The van der Waals surface area contributed by atoms with Crippen molar-refractivity contribution in [3.05, 3.63) is 0 Å². The Morgan fingerprint density at radius 2 is 1.76 bits per heavy atom. The number of ether oxygens (including phenoxy) is 1. The fraction of sp³-hybridized carbons (Fsp3) is 0.846. The summed E-state index contributed by atoms with van der Waals surface area (Å²) in [6, 6.07) is -0.505. The summed E-state index contributed by atoms with van der Waals surface area (Å²) in [4.78, 5) is 23.0. The van der Waals surface area contributed by atoms with Crippen molar-refractivity contribution in [3.8, 4) is 0 Å². The second-order valence-electron chi connectivity index (χ2n) is 5.92. The lowest BCUT2D eigenvalue weighted by Gasteiger charge is -2.22. The molecule has 5 nitrogen and oxygen atoms in total. The van der Waals surface area contributed by atoms with Crippen LogP contribution in [0, 0.1) is 0 Å². The van der Waals surface area contributed by atoms with Gasteiger partial charge in [0.2, 0.25) is 0 Å². The van der Waals surface area contributed by atoms with E-state index in [4.69, 9.17) is 10.5 Å². The Kier molecular flexibility index (Phi) is 7.15. The number of carbonyl (C=O) groups excluding carboxylic acids is 2. The highest BCUT2D eigenvalue weighted by molar-refractivity contribution is 5.81. The number of halogens is 3. The van der Waals surface area contributed by atoms with Gasteiger partial charge < -0.3 is 15.4 Å². The molecule has 0 heterocycles. The number of hydrogen-bond acceptors (Lipinski definition) is 4. The molecular formula is C13H23F3N2O3. The number of nitrogens with zero attached hydrogens (tertiary/aromatic N) is 1. The number of nitrogens with two attached hydrogens (primary N) is 1. The van der Waals surface area contributed by atoms with Crippen LogP contribution in [0.3, 0.4) is 0 Å². The molecule has 0 saturated carbocycles. The van der Waals surface area contributed by atoms with E-state index < -0.39 is 29.7 Å². The molecule has 0 unspecified atom stereocenters. The fourth-order valence-corrected chi connectivity index (χ4v) is 1.61. The van der Waals surface area contributed by atoms with Crippen LogP contribution in [0.2, 0.25) is 0 Å². The van der Waals surface area contributed by atoms with Crippen LogP contribution in [0.25, 0.3) is 0 Å². The van der Waals surface area contributed by atoms with Crippen molar-refractivity contribution in [2.24, 2.45) is 5.73 Å². The zero-order chi connectivity index (χ0) is 16.8. The molecule has 1 amide bonds. The minimum atomic E-state index is -4.87. The highest BCUT2D eigenvalue weighted by Crippen LogP contribution is 2.18. The van der Waals surface area contributed by atoms with Gasteiger partial charge in [0.1, 0.15) is 5.60 Å². The lowest BCUT2D eigenvalue weighted by Crippen LogP contribution is -2.39. The van der Waals surface area contributed by atoms with Crippen molar-refractivity contribution >= 4 is 11.9 Å². The second kappa shape index (κ2) is 7.63. The smallest absolute Gasteiger partial charge is 0.460 e. The highest BCUT2D eigenvalue weighted by atomic mass is 19.4. The number of amides is 1. The van der Waals surface area contributed by atoms with E-state index in [0.717, 1.165) is 7.05 Å². The molecule has 0 fully saturated rings. The third-order valence-electron chi connectivity index (χ3n) is 2.51. The van der Waals surface area contributed by atoms with Gasteiger partial charge in [0.25, 0.3) is 0 Å². The van der Waals surface area contributed by atoms with Crippen molar-refractivity contribution < 1.29 is 27.5 Å². The molecule has 2 N–H and O–H groups in total. The molecule has 0 aliphatic rings. The van der Waals surface area contributed by atoms with Crippen molar-refractivity contribution in [1.82, 2.24) is 4.90 Å². The van der Waals surface area contributed by atoms with Crippen LogP contribution in [0.15, 0.2) is 0 Å². The predicted octanol–water partition coefficient (Wildman–Crippen LogP) is 1.85. The van der Waals surface area contributed by atoms with Gasteiger partial charge in [0.15, 0.2) is 0 Å². The maximum absolute atomic E-state index is 12.1. The lowest BCUT2D eigenvalue weighted by molar-refractivity contribution is -0.184. The van der Waals surface area contributed by atoms with Crippen LogP contribution in [0.5, 0.6) is 0 Å². The van der Waals surface area contributed by atoms with E-state index in [1.165, 1.54) is 0 Å². The van der Waals surface area contributed by atoms with Gasteiger partial charge in [-0.15, -0.1) is 0 Å². The minimum Gasteiger partial charge on any atom is -0.460 e. The van der Waals surface area contributed by atoms with Gasteiger partial charge in [-0.2, -0.15) is 13.2 Å². The summed E-state index contributed by atoms with van der Waals surface area (Å²) in [6.45, 7) is 5.12. The van der Waals surface area contributed by atoms with E-state index in [1.54, 1.807) is 20.8 Å². The first-order valence-electron chi connectivity index (χ1n) is 6.62. The topological polar surface area (TPSA) is 72.6 Å². The first-order valence-corrected chi connectivity index (χ1v) is 6.62. The van der Waals surface area contributed by atoms with Crippen LogP contribution in [0.1, 0.15) is 40.0 Å². The van der Waals surface area contributed by atoms with E-state index in [0.29, 0.717) is 11.3 Å². The normalized spacial score (nSPS) is 13.7. The largest absolute Gasteiger partial charge is 0.471 e. The first kappa shape index (κ1) is 19.7. The number of hydrogen-bond donors (Lipinski definition) is 1. The average molecular weight is 312 g/mol. The molecule has 0 spiro atoms. The Hall–Kier alpha value is -1.31. The summed E-state index contributed by atoms with van der Waals surface area (Å²) < 4.78 is 41.5. The van der Waals surface area contributed by atoms with Gasteiger partial charge in [0.05, 0.1) is 6.42 Å². The van der Waals surface area contributed by atoms with Gasteiger partial charge in [-0.05, 0) is 33.6 Å². The number of carbonyl (C=O) groups is 2. The quantitative estimate of drug-likeness (QED) is 0.760. The van der Waals surface area contributed by atoms with Crippen LogP contribution in [0.4, 0.5) is 13.2 Å². The molecule has 0 aliphatic carbocycles. The van der Waals surface area contributed by atoms with Crippen LogP contribution in [-0.4, -0.2) is 48.2 Å². The molecule has 0 aromatic rings. The summed E-state index contributed by atoms with van der Waals surface area (Å²) in [5.41, 5.74) is 5.11. The zero-order valence-electron chi connectivity index (χ0n) is 12.8. The SMILES string of the molecule is CN(CCC[C@H](N)CC(=O)OC(C)(C)C)C(=O)C(F)(F)F. The number of esters is 1. The molecule has 0 radical (unpaired) electrons. The van der Waals surface area contributed by atoms with Gasteiger partial charge in [-0.1, -0.05) is 0 Å². The van der Waals surface area contributed by atoms with E-state index in [1.807, 2.05) is 0 Å². The first-order chi connectivity index (χ1) is 9.33. The van der Waals surface area contributed by atoms with E-state index in [2.05, 4.69) is 0 Å². The minimum absolute atomic E-state index is 0.00575. The Balaban J connectivity index is 4.03. The summed E-state index contributed by atoms with van der Waals surface area (Å²) in [5.74, 6) is -2.34. The molecule has 0 aromatic heterocycles. The molecule has 8 heteroatoms. The Bertz CT molecular complexity index is 365. The van der Waals surface area contributed by atoms with Gasteiger partial charge >= 0.3 is 18.1 Å². The Labute approximate surface area is 122 Å². The van der Waals surface area contributed by atoms with Crippen molar-refractivity contribution in [3.63, 3.8) is 0 Å². The Morgan fingerprint density at radius 1 is 1.24 bits per heavy atom. The fourth-order valence-electron chi connectivity index (χ4n) is 1.61. The molecule has 0 bridgehead atoms. The van der Waals surface area contributed by atoms with Crippen molar-refractivity contribution in [1.29, 1.82) is 0 Å². The number of rotatable bonds is 6. The Morgan fingerprint density at radius 3 is 2.19 bits per heavy atom. The molecule has 1 atom stereocenters. The summed E-state index contributed by atoms with van der Waals surface area (Å²) in [7, 11) is 1.08. The van der Waals surface area contributed by atoms with Gasteiger partial charge in [0, 0.05) is 19.6 Å². The van der Waals surface area contributed by atoms with Crippen LogP contribution < -0.4 is 5.73 Å². The van der Waals surface area contributed by atoms with Gasteiger partial charge in [-0.3, -0.25) is 9.59 Å². The van der Waals surface area contributed by atoms with Crippen LogP contribution in [-0.2, 0) is 14.3 Å². The molecule has 0 saturated heterocycles. The van der Waals surface area contributed by atoms with Crippen molar-refractivity contribution in [2.75, 3.05) is 13.6 Å². The second-order valence-corrected chi connectivity index (χ2v) is 5.92. The standard InChI is InChI=1S/C13H23F3N2O3/c1-12(2,3)21-10(19)8-9(17)6-5-7-18(4)11(20)13(14,15)16/h9H,5-8,17H2,1-4H3/t9-/m0/s1.